The molecule has 1 heteroatoms. The summed E-state index contributed by atoms with van der Waals surface area (Å²) in [6.45, 7) is 13.5. The fraction of sp³-hybridized carbons (Fsp3) is 0.127. The average Bonchev–Trinajstić information content (AvgIpc) is 3.65. The lowest BCUT2D eigenvalue weighted by atomic mass is 9.77. The second-order valence-electron chi connectivity index (χ2n) is 15.9. The van der Waals surface area contributed by atoms with Crippen molar-refractivity contribution in [3.05, 3.63) is 183 Å². The van der Waals surface area contributed by atoms with Crippen molar-refractivity contribution in [3.8, 4) is 22.3 Å². The largest absolute Gasteiger partial charge is 0.135 e. The molecule has 1 heterocycles. The molecule has 1 aromatic heterocycles. The van der Waals surface area contributed by atoms with E-state index in [0.29, 0.717) is 0 Å². The molecule has 56 heavy (non-hydrogen) atoms. The Labute approximate surface area is 333 Å². The van der Waals surface area contributed by atoms with Crippen LogP contribution in [-0.4, -0.2) is 0 Å². The molecule has 0 bridgehead atoms. The van der Waals surface area contributed by atoms with Crippen molar-refractivity contribution in [1.29, 1.82) is 0 Å². The Morgan fingerprint density at radius 3 is 2.12 bits per heavy atom. The normalized spacial score (nSPS) is 17.6. The highest BCUT2D eigenvalue weighted by Crippen LogP contribution is 2.48. The van der Waals surface area contributed by atoms with Gasteiger partial charge in [-0.25, -0.2) is 0 Å². The first-order chi connectivity index (χ1) is 27.4. The van der Waals surface area contributed by atoms with E-state index in [1.807, 2.05) is 23.5 Å². The van der Waals surface area contributed by atoms with Crippen LogP contribution in [0.1, 0.15) is 71.4 Å². The number of benzene rings is 6. The SMILES string of the molecule is C=Cc1c(C=C)c(-c2ccc3ccccc3c2)c2c(c1-c1cccc(C3=C/C=C/C(C)(C)c4c(c5sc6c(c5c5ccccc45)CCC=C6)\C=C\3)c1)=CCCC=2. The molecule has 0 aliphatic heterocycles. The molecule has 0 atom stereocenters. The summed E-state index contributed by atoms with van der Waals surface area (Å²) < 4.78 is 1.40. The number of hydrogen-bond acceptors (Lipinski definition) is 1. The van der Waals surface area contributed by atoms with Gasteiger partial charge in [0.1, 0.15) is 0 Å². The standard InChI is InChI=1S/C55H44S/c1-5-41-42(6-2)51(40-29-28-35-17-7-8-18-37(35)34-40)44-23-10-9-22-43(44)50(41)39-20-15-19-38(33-39)36-21-16-32-55(3,4)53-46-25-12-11-24-45(46)52-47-26-13-14-27-49(47)56-54(52)48(53)31-30-36/h5-8,11-12,14-25,27-34H,1-2,9-10,13,26H2,3-4H3/b31-30+,32-16+,36-21+. The van der Waals surface area contributed by atoms with E-state index in [9.17, 15) is 0 Å². The molecule has 0 radical (unpaired) electrons. The fourth-order valence-corrected chi connectivity index (χ4v) is 11.0. The third-order valence-electron chi connectivity index (χ3n) is 12.2. The molecule has 3 aliphatic carbocycles. The molecule has 0 N–H and O–H groups in total. The minimum absolute atomic E-state index is 0.181. The Morgan fingerprint density at radius 2 is 1.36 bits per heavy atom. The molecule has 0 fully saturated rings. The molecule has 7 aromatic rings. The monoisotopic (exact) mass is 736 g/mol. The van der Waals surface area contributed by atoms with Crippen LogP contribution >= 0.6 is 11.3 Å². The van der Waals surface area contributed by atoms with Crippen LogP contribution in [0.3, 0.4) is 0 Å². The van der Waals surface area contributed by atoms with Crippen LogP contribution < -0.4 is 10.4 Å². The van der Waals surface area contributed by atoms with Crippen molar-refractivity contribution >= 4 is 85.0 Å². The van der Waals surface area contributed by atoms with Gasteiger partial charge in [-0.2, -0.15) is 0 Å². The summed E-state index contributed by atoms with van der Waals surface area (Å²) in [4.78, 5) is 1.41. The number of thiophene rings is 1. The van der Waals surface area contributed by atoms with Gasteiger partial charge in [0.2, 0.25) is 0 Å². The van der Waals surface area contributed by atoms with E-state index in [1.54, 1.807) is 0 Å². The lowest BCUT2D eigenvalue weighted by Gasteiger charge is -2.26. The van der Waals surface area contributed by atoms with Gasteiger partial charge in [-0.15, -0.1) is 11.3 Å². The molecular weight excluding hydrogens is 693 g/mol. The van der Waals surface area contributed by atoms with Crippen molar-refractivity contribution in [1.82, 2.24) is 0 Å². The number of hydrogen-bond donors (Lipinski definition) is 0. The van der Waals surface area contributed by atoms with Crippen molar-refractivity contribution < 1.29 is 0 Å². The summed E-state index contributed by atoms with van der Waals surface area (Å²) in [5, 5.41) is 9.25. The van der Waals surface area contributed by atoms with Crippen molar-refractivity contribution in [3.63, 3.8) is 0 Å². The second kappa shape index (κ2) is 13.6. The van der Waals surface area contributed by atoms with Crippen molar-refractivity contribution in [2.75, 3.05) is 0 Å². The molecule has 10 rings (SSSR count). The van der Waals surface area contributed by atoms with Gasteiger partial charge in [0.25, 0.3) is 0 Å². The van der Waals surface area contributed by atoms with Crippen LogP contribution in [0.4, 0.5) is 0 Å². The summed E-state index contributed by atoms with van der Waals surface area (Å²) in [5.74, 6) is 0. The van der Waals surface area contributed by atoms with E-state index in [0.717, 1.165) is 36.8 Å². The van der Waals surface area contributed by atoms with E-state index in [-0.39, 0.29) is 5.41 Å². The number of fused-ring (bicyclic) bond motifs is 10. The lowest BCUT2D eigenvalue weighted by molar-refractivity contribution is 0.676. The summed E-state index contributed by atoms with van der Waals surface area (Å²) in [7, 11) is 0. The fourth-order valence-electron chi connectivity index (χ4n) is 9.64. The maximum atomic E-state index is 4.40. The number of rotatable bonds is 5. The maximum absolute atomic E-state index is 4.40. The van der Waals surface area contributed by atoms with Crippen LogP contribution in [0.15, 0.2) is 135 Å². The smallest absolute Gasteiger partial charge is 0.0433 e. The molecule has 0 saturated heterocycles. The topological polar surface area (TPSA) is 0 Å². The molecule has 0 saturated carbocycles. The Morgan fingerprint density at radius 1 is 0.661 bits per heavy atom. The maximum Gasteiger partial charge on any atom is 0.0433 e. The molecule has 0 unspecified atom stereocenters. The zero-order valence-corrected chi connectivity index (χ0v) is 33.0. The molecule has 270 valence electrons. The summed E-state index contributed by atoms with van der Waals surface area (Å²) in [6, 6.07) is 33.7. The van der Waals surface area contributed by atoms with Gasteiger partial charge in [0.15, 0.2) is 0 Å². The van der Waals surface area contributed by atoms with Crippen LogP contribution in [-0.2, 0) is 11.8 Å². The van der Waals surface area contributed by atoms with Crippen molar-refractivity contribution in [2.45, 2.75) is 44.9 Å². The Bertz CT molecular complexity index is 3080. The summed E-state index contributed by atoms with van der Waals surface area (Å²) in [6.07, 6.45) is 29.6. The van der Waals surface area contributed by atoms with Crippen LogP contribution in [0.5, 0.6) is 0 Å². The highest BCUT2D eigenvalue weighted by Gasteiger charge is 2.28. The van der Waals surface area contributed by atoms with E-state index < -0.39 is 0 Å². The Kier molecular flexibility index (Phi) is 8.38. The van der Waals surface area contributed by atoms with Gasteiger partial charge in [-0.05, 0) is 137 Å². The minimum atomic E-state index is -0.181. The first-order valence-corrected chi connectivity index (χ1v) is 20.8. The zero-order chi connectivity index (χ0) is 38.0. The molecule has 0 spiro atoms. The van der Waals surface area contributed by atoms with Gasteiger partial charge in [0, 0.05) is 20.4 Å². The van der Waals surface area contributed by atoms with E-state index in [1.165, 1.54) is 97.0 Å². The predicted octanol–water partition coefficient (Wildman–Crippen LogP) is 14.1. The first-order valence-electron chi connectivity index (χ1n) is 19.9. The Hall–Kier alpha value is -6.02. The number of aryl methyl sites for hydroxylation is 1. The third-order valence-corrected chi connectivity index (χ3v) is 13.4. The van der Waals surface area contributed by atoms with Crippen LogP contribution in [0.25, 0.3) is 95.9 Å². The Balaban J connectivity index is 1.16. The predicted molar refractivity (Wildman–Crippen MR) is 248 cm³/mol. The minimum Gasteiger partial charge on any atom is -0.135 e. The molecule has 0 nitrogen and oxygen atoms in total. The lowest BCUT2D eigenvalue weighted by Crippen LogP contribution is -2.33. The molecule has 0 amide bonds. The van der Waals surface area contributed by atoms with Crippen LogP contribution in [0, 0.1) is 0 Å². The van der Waals surface area contributed by atoms with Gasteiger partial charge < -0.3 is 0 Å². The van der Waals surface area contributed by atoms with Gasteiger partial charge in [-0.1, -0.05) is 167 Å². The van der Waals surface area contributed by atoms with Gasteiger partial charge in [-0.3, -0.25) is 0 Å². The van der Waals surface area contributed by atoms with Gasteiger partial charge >= 0.3 is 0 Å². The number of allylic oxidation sites excluding steroid dienone is 6. The van der Waals surface area contributed by atoms with E-state index in [4.69, 9.17) is 0 Å². The third kappa shape index (κ3) is 5.48. The second-order valence-corrected chi connectivity index (χ2v) is 17.0. The van der Waals surface area contributed by atoms with Crippen molar-refractivity contribution in [2.24, 2.45) is 0 Å². The van der Waals surface area contributed by atoms with E-state index in [2.05, 4.69) is 173 Å². The van der Waals surface area contributed by atoms with E-state index >= 15 is 0 Å². The molecular formula is C55H44S. The summed E-state index contributed by atoms with van der Waals surface area (Å²) >= 11 is 1.96. The van der Waals surface area contributed by atoms with Gasteiger partial charge in [0.05, 0.1) is 0 Å². The highest BCUT2D eigenvalue weighted by molar-refractivity contribution is 7.20. The summed E-state index contributed by atoms with van der Waals surface area (Å²) in [5.41, 5.74) is 13.6. The van der Waals surface area contributed by atoms with Crippen LogP contribution in [0.2, 0.25) is 0 Å². The highest BCUT2D eigenvalue weighted by atomic mass is 32.1. The molecule has 6 aromatic carbocycles. The average molecular weight is 737 g/mol. The zero-order valence-electron chi connectivity index (χ0n) is 32.2. The quantitative estimate of drug-likeness (QED) is 0.165. The first kappa shape index (κ1) is 34.5. The molecule has 3 aliphatic rings.